The molecular formula is C9H7FN2O. The van der Waals surface area contributed by atoms with Gasteiger partial charge in [0.2, 0.25) is 0 Å². The first-order valence-corrected chi connectivity index (χ1v) is 3.82. The minimum atomic E-state index is -0.337. The first kappa shape index (κ1) is 7.91. The predicted molar refractivity (Wildman–Crippen MR) is 47.1 cm³/mol. The Bertz CT molecular complexity index is 518. The van der Waals surface area contributed by atoms with Crippen molar-refractivity contribution in [1.29, 1.82) is 0 Å². The van der Waals surface area contributed by atoms with E-state index in [9.17, 15) is 9.18 Å². The number of nitrogens with zero attached hydrogens (tertiary/aromatic N) is 1. The van der Waals surface area contributed by atoms with Gasteiger partial charge in [0.25, 0.3) is 5.56 Å². The third kappa shape index (κ3) is 1.30. The van der Waals surface area contributed by atoms with E-state index in [1.807, 2.05) is 0 Å². The number of halogens is 1. The molecule has 1 aromatic heterocycles. The Kier molecular flexibility index (Phi) is 1.62. The van der Waals surface area contributed by atoms with Crippen LogP contribution in [0.3, 0.4) is 0 Å². The van der Waals surface area contributed by atoms with Gasteiger partial charge in [0.15, 0.2) is 0 Å². The van der Waals surface area contributed by atoms with Crippen molar-refractivity contribution in [2.24, 2.45) is 0 Å². The summed E-state index contributed by atoms with van der Waals surface area (Å²) in [6.07, 6.45) is 1.18. The summed E-state index contributed by atoms with van der Waals surface area (Å²) in [6, 6.07) is 2.87. The number of aryl methyl sites for hydroxylation is 1. The summed E-state index contributed by atoms with van der Waals surface area (Å²) >= 11 is 0. The highest BCUT2D eigenvalue weighted by Gasteiger charge is 2.01. The largest absolute Gasteiger partial charge is 0.319 e. The zero-order valence-corrected chi connectivity index (χ0v) is 6.97. The van der Waals surface area contributed by atoms with Crippen LogP contribution < -0.4 is 5.56 Å². The normalized spacial score (nSPS) is 10.6. The van der Waals surface area contributed by atoms with E-state index in [0.29, 0.717) is 16.6 Å². The number of fused-ring (bicyclic) bond motifs is 1. The second-order valence-corrected chi connectivity index (χ2v) is 2.87. The number of hydrogen-bond acceptors (Lipinski definition) is 2. The molecule has 0 saturated carbocycles. The number of rotatable bonds is 0. The Labute approximate surface area is 73.2 Å². The van der Waals surface area contributed by atoms with E-state index < -0.39 is 0 Å². The molecule has 0 unspecified atom stereocenters. The molecule has 13 heavy (non-hydrogen) atoms. The van der Waals surface area contributed by atoms with Crippen molar-refractivity contribution in [3.63, 3.8) is 0 Å². The van der Waals surface area contributed by atoms with Crippen molar-refractivity contribution < 1.29 is 4.39 Å². The molecule has 66 valence electrons. The van der Waals surface area contributed by atoms with Crippen LogP contribution in [0.4, 0.5) is 4.39 Å². The van der Waals surface area contributed by atoms with Gasteiger partial charge in [-0.2, -0.15) is 0 Å². The van der Waals surface area contributed by atoms with Crippen molar-refractivity contribution in [2.75, 3.05) is 0 Å². The van der Waals surface area contributed by atoms with Crippen molar-refractivity contribution in [3.8, 4) is 0 Å². The highest BCUT2D eigenvalue weighted by atomic mass is 19.1. The standard InChI is InChI=1S/C9H7FN2O/c1-5-2-7-8(3-6(5)10)12-9(13)4-11-7/h2-4H,1H3,(H,12,13). The number of nitrogens with one attached hydrogen (secondary N) is 1. The third-order valence-electron chi connectivity index (χ3n) is 1.86. The molecule has 0 fully saturated rings. The third-order valence-corrected chi connectivity index (χ3v) is 1.86. The van der Waals surface area contributed by atoms with E-state index in [0.717, 1.165) is 0 Å². The summed E-state index contributed by atoms with van der Waals surface area (Å²) in [6.45, 7) is 1.65. The second kappa shape index (κ2) is 2.65. The quantitative estimate of drug-likeness (QED) is 0.662. The van der Waals surface area contributed by atoms with E-state index in [-0.39, 0.29) is 11.4 Å². The molecule has 0 saturated heterocycles. The highest BCUT2D eigenvalue weighted by Crippen LogP contribution is 2.12. The Morgan fingerprint density at radius 3 is 3.00 bits per heavy atom. The van der Waals surface area contributed by atoms with Crippen LogP contribution in [-0.2, 0) is 0 Å². The second-order valence-electron chi connectivity index (χ2n) is 2.87. The average Bonchev–Trinajstić information content (AvgIpc) is 2.08. The molecule has 1 aromatic carbocycles. The molecule has 3 nitrogen and oxygen atoms in total. The lowest BCUT2D eigenvalue weighted by Gasteiger charge is -1.98. The molecule has 2 aromatic rings. The van der Waals surface area contributed by atoms with Crippen molar-refractivity contribution in [3.05, 3.63) is 40.1 Å². The highest BCUT2D eigenvalue weighted by molar-refractivity contribution is 5.74. The van der Waals surface area contributed by atoms with Crippen LogP contribution in [0.15, 0.2) is 23.1 Å². The zero-order valence-electron chi connectivity index (χ0n) is 6.97. The Hall–Kier alpha value is -1.71. The van der Waals surface area contributed by atoms with Crippen LogP contribution >= 0.6 is 0 Å². The van der Waals surface area contributed by atoms with Crippen LogP contribution in [0.25, 0.3) is 11.0 Å². The molecule has 4 heteroatoms. The smallest absolute Gasteiger partial charge is 0.266 e. The maximum atomic E-state index is 13.0. The summed E-state index contributed by atoms with van der Waals surface area (Å²) in [7, 11) is 0. The summed E-state index contributed by atoms with van der Waals surface area (Å²) in [4.78, 5) is 17.2. The fourth-order valence-electron chi connectivity index (χ4n) is 1.17. The van der Waals surface area contributed by atoms with Gasteiger partial charge in [-0.25, -0.2) is 9.37 Å². The fourth-order valence-corrected chi connectivity index (χ4v) is 1.17. The topological polar surface area (TPSA) is 45.8 Å². The summed E-state index contributed by atoms with van der Waals surface area (Å²) in [5, 5.41) is 0. The van der Waals surface area contributed by atoms with Gasteiger partial charge >= 0.3 is 0 Å². The van der Waals surface area contributed by atoms with Crippen molar-refractivity contribution in [2.45, 2.75) is 6.92 Å². The molecule has 0 bridgehead atoms. The fraction of sp³-hybridized carbons (Fsp3) is 0.111. The van der Waals surface area contributed by atoms with E-state index in [2.05, 4.69) is 9.97 Å². The number of hydrogen-bond donors (Lipinski definition) is 1. The summed E-state index contributed by atoms with van der Waals surface area (Å²) < 4.78 is 13.0. The molecule has 0 spiro atoms. The first-order chi connectivity index (χ1) is 6.16. The molecule has 0 aliphatic carbocycles. The lowest BCUT2D eigenvalue weighted by molar-refractivity contribution is 0.620. The van der Waals surface area contributed by atoms with Gasteiger partial charge in [-0.3, -0.25) is 4.79 Å². The van der Waals surface area contributed by atoms with Crippen molar-refractivity contribution in [1.82, 2.24) is 9.97 Å². The molecule has 0 aliphatic heterocycles. The Morgan fingerprint density at radius 2 is 2.23 bits per heavy atom. The first-order valence-electron chi connectivity index (χ1n) is 3.82. The maximum Gasteiger partial charge on any atom is 0.266 e. The number of aromatic nitrogens is 2. The van der Waals surface area contributed by atoms with E-state index in [1.54, 1.807) is 13.0 Å². The van der Waals surface area contributed by atoms with Gasteiger partial charge in [0, 0.05) is 0 Å². The molecule has 0 atom stereocenters. The molecule has 0 amide bonds. The predicted octanol–water partition coefficient (Wildman–Crippen LogP) is 1.37. The van der Waals surface area contributed by atoms with Gasteiger partial charge in [0.05, 0.1) is 17.2 Å². The maximum absolute atomic E-state index is 13.0. The van der Waals surface area contributed by atoms with E-state index in [1.165, 1.54) is 12.3 Å². The van der Waals surface area contributed by atoms with E-state index in [4.69, 9.17) is 0 Å². The van der Waals surface area contributed by atoms with Crippen LogP contribution in [0, 0.1) is 12.7 Å². The van der Waals surface area contributed by atoms with Crippen LogP contribution in [0.1, 0.15) is 5.56 Å². The zero-order chi connectivity index (χ0) is 9.42. The Morgan fingerprint density at radius 1 is 1.46 bits per heavy atom. The Balaban J connectivity index is 2.89. The van der Waals surface area contributed by atoms with Gasteiger partial charge in [-0.05, 0) is 24.6 Å². The number of aromatic amines is 1. The molecule has 1 heterocycles. The monoisotopic (exact) mass is 178 g/mol. The van der Waals surface area contributed by atoms with E-state index >= 15 is 0 Å². The lowest BCUT2D eigenvalue weighted by atomic mass is 10.2. The molecule has 0 aliphatic rings. The molecule has 2 rings (SSSR count). The van der Waals surface area contributed by atoms with Crippen LogP contribution in [-0.4, -0.2) is 9.97 Å². The molecule has 1 N–H and O–H groups in total. The van der Waals surface area contributed by atoms with Gasteiger partial charge in [0.1, 0.15) is 5.82 Å². The number of H-pyrrole nitrogens is 1. The molecule has 0 radical (unpaired) electrons. The SMILES string of the molecule is Cc1cc2ncc(=O)[nH]c2cc1F. The summed E-state index contributed by atoms with van der Waals surface area (Å²) in [5.74, 6) is -0.337. The molecular weight excluding hydrogens is 171 g/mol. The number of benzene rings is 1. The van der Waals surface area contributed by atoms with Crippen LogP contribution in [0.5, 0.6) is 0 Å². The van der Waals surface area contributed by atoms with Gasteiger partial charge < -0.3 is 4.98 Å². The van der Waals surface area contributed by atoms with Crippen LogP contribution in [0.2, 0.25) is 0 Å². The summed E-state index contributed by atoms with van der Waals surface area (Å²) in [5.41, 5.74) is 1.22. The van der Waals surface area contributed by atoms with Crippen molar-refractivity contribution >= 4 is 11.0 Å². The minimum absolute atomic E-state index is 0.323. The lowest BCUT2D eigenvalue weighted by Crippen LogP contribution is -2.05. The average molecular weight is 178 g/mol. The minimum Gasteiger partial charge on any atom is -0.319 e. The van der Waals surface area contributed by atoms with Gasteiger partial charge in [-0.1, -0.05) is 0 Å². The van der Waals surface area contributed by atoms with Gasteiger partial charge in [-0.15, -0.1) is 0 Å².